The highest BCUT2D eigenvalue weighted by atomic mass is 32.2. The Morgan fingerprint density at radius 3 is 3.10 bits per heavy atom. The van der Waals surface area contributed by atoms with Gasteiger partial charge < -0.3 is 15.6 Å². The molecule has 0 saturated heterocycles. The molecule has 3 rings (SSSR count). The van der Waals surface area contributed by atoms with Gasteiger partial charge in [0.15, 0.2) is 5.16 Å². The number of fused-ring (bicyclic) bond motifs is 1. The summed E-state index contributed by atoms with van der Waals surface area (Å²) in [7, 11) is 0. The molecule has 0 aliphatic carbocycles. The van der Waals surface area contributed by atoms with Gasteiger partial charge in [-0.15, -0.1) is 10.2 Å². The second-order valence-electron chi connectivity index (χ2n) is 4.26. The minimum Gasteiger partial charge on any atom is -0.491 e. The normalized spacial score (nSPS) is 16.7. The van der Waals surface area contributed by atoms with E-state index >= 15 is 0 Å². The number of nitrogens with zero attached hydrogens (tertiary/aromatic N) is 3. The van der Waals surface area contributed by atoms with Gasteiger partial charge in [0.1, 0.15) is 18.4 Å². The summed E-state index contributed by atoms with van der Waals surface area (Å²) >= 11 is 1.09. The molecule has 0 radical (unpaired) electrons. The van der Waals surface area contributed by atoms with Gasteiger partial charge in [-0.25, -0.2) is 0 Å². The van der Waals surface area contributed by atoms with Crippen LogP contribution in [-0.4, -0.2) is 38.2 Å². The second kappa shape index (κ2) is 5.04. The average Bonchev–Trinajstić information content (AvgIpc) is 3.00. The van der Waals surface area contributed by atoms with Gasteiger partial charge in [0.25, 0.3) is 0 Å². The summed E-state index contributed by atoms with van der Waals surface area (Å²) in [5.74, 6) is 0.0575. The Balaban J connectivity index is 1.95. The fourth-order valence-corrected chi connectivity index (χ4v) is 2.88. The van der Waals surface area contributed by atoms with Crippen LogP contribution in [0.4, 0.5) is 5.95 Å². The van der Waals surface area contributed by atoms with Crippen molar-refractivity contribution < 1.29 is 14.6 Å². The first-order valence-corrected chi connectivity index (χ1v) is 6.92. The molecule has 2 aromatic rings. The van der Waals surface area contributed by atoms with E-state index in [1.807, 2.05) is 24.3 Å². The lowest BCUT2D eigenvalue weighted by molar-refractivity contribution is -0.133. The van der Waals surface area contributed by atoms with E-state index in [4.69, 9.17) is 15.6 Å². The monoisotopic (exact) mass is 292 g/mol. The molecule has 1 atom stereocenters. The van der Waals surface area contributed by atoms with Gasteiger partial charge in [0.05, 0.1) is 5.75 Å². The summed E-state index contributed by atoms with van der Waals surface area (Å²) in [5.41, 5.74) is 6.85. The zero-order valence-corrected chi connectivity index (χ0v) is 11.2. The Hall–Kier alpha value is -2.22. The summed E-state index contributed by atoms with van der Waals surface area (Å²) in [5, 5.41) is 17.0. The lowest BCUT2D eigenvalue weighted by atomic mass is 10.1. The number of carboxylic acid groups (broad SMARTS) is 1. The van der Waals surface area contributed by atoms with Crippen LogP contribution in [0, 0.1) is 0 Å². The van der Waals surface area contributed by atoms with Crippen LogP contribution in [0.1, 0.15) is 11.6 Å². The van der Waals surface area contributed by atoms with Crippen molar-refractivity contribution in [2.75, 3.05) is 18.1 Å². The molecule has 104 valence electrons. The number of carboxylic acids is 1. The molecule has 1 unspecified atom stereocenters. The van der Waals surface area contributed by atoms with Crippen LogP contribution in [0.3, 0.4) is 0 Å². The molecule has 2 heterocycles. The van der Waals surface area contributed by atoms with Crippen LogP contribution in [0.25, 0.3) is 0 Å². The largest absolute Gasteiger partial charge is 0.491 e. The molecule has 1 aromatic heterocycles. The number of aliphatic carboxylic acids is 1. The minimum absolute atomic E-state index is 0.0899. The quantitative estimate of drug-likeness (QED) is 0.811. The summed E-state index contributed by atoms with van der Waals surface area (Å²) in [6, 6.07) is 7.54. The maximum atomic E-state index is 10.7. The van der Waals surface area contributed by atoms with E-state index in [0.717, 1.165) is 23.1 Å². The van der Waals surface area contributed by atoms with Crippen LogP contribution in [0.2, 0.25) is 0 Å². The first-order chi connectivity index (χ1) is 9.66. The van der Waals surface area contributed by atoms with Crippen molar-refractivity contribution in [1.82, 2.24) is 14.8 Å². The maximum absolute atomic E-state index is 10.7. The molecule has 7 nitrogen and oxygen atoms in total. The van der Waals surface area contributed by atoms with E-state index < -0.39 is 5.97 Å². The van der Waals surface area contributed by atoms with Crippen LogP contribution in [0.15, 0.2) is 29.4 Å². The number of ether oxygens (including phenoxy) is 1. The van der Waals surface area contributed by atoms with E-state index in [1.54, 1.807) is 4.57 Å². The Labute approximate surface area is 118 Å². The van der Waals surface area contributed by atoms with E-state index in [2.05, 4.69) is 10.2 Å². The summed E-state index contributed by atoms with van der Waals surface area (Å²) < 4.78 is 7.33. The molecule has 0 bridgehead atoms. The molecule has 0 fully saturated rings. The molecule has 8 heteroatoms. The third kappa shape index (κ3) is 2.18. The number of carbonyl (C=O) groups is 1. The Kier molecular flexibility index (Phi) is 3.23. The predicted molar refractivity (Wildman–Crippen MR) is 72.9 cm³/mol. The van der Waals surface area contributed by atoms with Crippen LogP contribution < -0.4 is 10.5 Å². The van der Waals surface area contributed by atoms with Crippen LogP contribution >= 0.6 is 11.8 Å². The number of anilines is 1. The van der Waals surface area contributed by atoms with Crippen molar-refractivity contribution in [1.29, 1.82) is 0 Å². The molecule has 0 spiro atoms. The third-order valence-electron chi connectivity index (χ3n) is 3.00. The molecule has 1 aliphatic heterocycles. The molecular weight excluding hydrogens is 280 g/mol. The predicted octanol–water partition coefficient (Wildman–Crippen LogP) is 1.02. The first kappa shape index (κ1) is 12.8. The van der Waals surface area contributed by atoms with Crippen molar-refractivity contribution >= 4 is 23.7 Å². The topological polar surface area (TPSA) is 103 Å². The van der Waals surface area contributed by atoms with Gasteiger partial charge in [-0.2, -0.15) is 0 Å². The number of para-hydroxylation sites is 1. The maximum Gasteiger partial charge on any atom is 0.313 e. The zero-order valence-electron chi connectivity index (χ0n) is 10.4. The lowest BCUT2D eigenvalue weighted by Gasteiger charge is -2.14. The average molecular weight is 292 g/mol. The minimum atomic E-state index is -0.911. The van der Waals surface area contributed by atoms with E-state index in [-0.39, 0.29) is 17.7 Å². The third-order valence-corrected chi connectivity index (χ3v) is 3.93. The molecule has 20 heavy (non-hydrogen) atoms. The molecular formula is C12H12N4O3S. The number of benzene rings is 1. The van der Waals surface area contributed by atoms with Crippen molar-refractivity contribution in [3.8, 4) is 5.75 Å². The molecule has 1 aliphatic rings. The van der Waals surface area contributed by atoms with Crippen molar-refractivity contribution in [2.24, 2.45) is 0 Å². The molecule has 3 N–H and O–H groups in total. The first-order valence-electron chi connectivity index (χ1n) is 5.93. The van der Waals surface area contributed by atoms with Gasteiger partial charge in [0, 0.05) is 5.56 Å². The van der Waals surface area contributed by atoms with Gasteiger partial charge in [-0.05, 0) is 6.07 Å². The highest BCUT2D eigenvalue weighted by Crippen LogP contribution is 2.37. The van der Waals surface area contributed by atoms with Crippen molar-refractivity contribution in [2.45, 2.75) is 11.2 Å². The van der Waals surface area contributed by atoms with Gasteiger partial charge in [0.2, 0.25) is 5.95 Å². The number of aromatic nitrogens is 3. The van der Waals surface area contributed by atoms with Crippen LogP contribution in [0.5, 0.6) is 5.75 Å². The standard InChI is InChI=1S/C12H12N4O3S/c13-11-14-15-12(20-6-10(17)18)16(11)8-5-19-9-4-2-1-3-7(8)9/h1-4,8H,5-6H2,(H2,13,14)(H,17,18). The smallest absolute Gasteiger partial charge is 0.313 e. The molecule has 0 saturated carbocycles. The lowest BCUT2D eigenvalue weighted by Crippen LogP contribution is -2.16. The number of hydrogen-bond donors (Lipinski definition) is 2. The van der Waals surface area contributed by atoms with Gasteiger partial charge >= 0.3 is 5.97 Å². The fourth-order valence-electron chi connectivity index (χ4n) is 2.17. The number of hydrogen-bond acceptors (Lipinski definition) is 6. The summed E-state index contributed by atoms with van der Waals surface area (Å²) in [6.07, 6.45) is 0. The Bertz CT molecular complexity index is 658. The number of nitrogens with two attached hydrogens (primary N) is 1. The summed E-state index contributed by atoms with van der Waals surface area (Å²) in [6.45, 7) is 0.433. The van der Waals surface area contributed by atoms with Gasteiger partial charge in [-0.3, -0.25) is 9.36 Å². The highest BCUT2D eigenvalue weighted by molar-refractivity contribution is 7.99. The fraction of sp³-hybridized carbons (Fsp3) is 0.250. The van der Waals surface area contributed by atoms with Crippen molar-refractivity contribution in [3.63, 3.8) is 0 Å². The molecule has 0 amide bonds. The number of thioether (sulfide) groups is 1. The molecule has 1 aromatic carbocycles. The van der Waals surface area contributed by atoms with E-state index in [9.17, 15) is 4.79 Å². The number of rotatable bonds is 4. The van der Waals surface area contributed by atoms with E-state index in [0.29, 0.717) is 11.8 Å². The SMILES string of the molecule is Nc1nnc(SCC(=O)O)n1C1COc2ccccc21. The summed E-state index contributed by atoms with van der Waals surface area (Å²) in [4.78, 5) is 10.7. The second-order valence-corrected chi connectivity index (χ2v) is 5.20. The zero-order chi connectivity index (χ0) is 14.1. The Morgan fingerprint density at radius 2 is 2.30 bits per heavy atom. The van der Waals surface area contributed by atoms with Crippen molar-refractivity contribution in [3.05, 3.63) is 29.8 Å². The van der Waals surface area contributed by atoms with E-state index in [1.165, 1.54) is 0 Å². The van der Waals surface area contributed by atoms with Gasteiger partial charge in [-0.1, -0.05) is 30.0 Å². The Morgan fingerprint density at radius 1 is 1.50 bits per heavy atom. The highest BCUT2D eigenvalue weighted by Gasteiger charge is 2.29. The number of nitrogen functional groups attached to an aromatic ring is 1. The van der Waals surface area contributed by atoms with Crippen LogP contribution in [-0.2, 0) is 4.79 Å².